The van der Waals surface area contributed by atoms with Crippen LogP contribution in [0.1, 0.15) is 35.9 Å². The Morgan fingerprint density at radius 3 is 2.50 bits per heavy atom. The van der Waals surface area contributed by atoms with E-state index in [1.165, 1.54) is 0 Å². The number of hydrogen-bond acceptors (Lipinski definition) is 4. The quantitative estimate of drug-likeness (QED) is 0.782. The zero-order valence-electron chi connectivity index (χ0n) is 17.7. The molecule has 104 valence electrons. The van der Waals surface area contributed by atoms with Crippen LogP contribution in [-0.2, 0) is 9.31 Å². The summed E-state index contributed by atoms with van der Waals surface area (Å²) in [5.41, 5.74) is -1.56. The van der Waals surface area contributed by atoms with Crippen molar-refractivity contribution >= 4 is 12.7 Å². The molecule has 0 bridgehead atoms. The highest BCUT2D eigenvalue weighted by Crippen LogP contribution is 2.36. The summed E-state index contributed by atoms with van der Waals surface area (Å²) in [5.74, 6) is 0. The molecule has 3 rings (SSSR count). The molecule has 1 fully saturated rings. The molecule has 3 heterocycles. The summed E-state index contributed by atoms with van der Waals surface area (Å²) >= 11 is 0. The standard InChI is InChI=1S/C14H18BN3O2/c1-13(2)14(3,4)20-15(19-13)12-10-11(6-8-16-12)18-9-5-7-17-18/h5-10H,1-4H3/i5D,6D,7D,8D,9D,10D. The summed E-state index contributed by atoms with van der Waals surface area (Å²) in [5, 5.41) is 3.74. The zero-order valence-corrected chi connectivity index (χ0v) is 11.7. The summed E-state index contributed by atoms with van der Waals surface area (Å²) in [6, 6.07) is -1.14. The van der Waals surface area contributed by atoms with Gasteiger partial charge < -0.3 is 9.31 Å². The van der Waals surface area contributed by atoms with E-state index in [-0.39, 0.29) is 17.3 Å². The molecule has 0 aromatic carbocycles. The highest BCUT2D eigenvalue weighted by atomic mass is 16.7. The fourth-order valence-electron chi connectivity index (χ4n) is 1.78. The first-order valence-corrected chi connectivity index (χ1v) is 6.24. The largest absolute Gasteiger partial charge is 0.514 e. The molecule has 0 aliphatic carbocycles. The van der Waals surface area contributed by atoms with Crippen LogP contribution in [0.25, 0.3) is 5.69 Å². The molecule has 0 spiro atoms. The average Bonchev–Trinajstić information content (AvgIpc) is 2.90. The molecule has 2 aromatic rings. The van der Waals surface area contributed by atoms with Crippen molar-refractivity contribution < 1.29 is 17.5 Å². The Bertz CT molecular complexity index is 886. The van der Waals surface area contributed by atoms with Gasteiger partial charge in [0.1, 0.15) is 0 Å². The van der Waals surface area contributed by atoms with E-state index in [1.54, 1.807) is 0 Å². The van der Waals surface area contributed by atoms with Gasteiger partial charge in [0.05, 0.1) is 30.7 Å². The molecule has 0 unspecified atom stereocenters. The molecule has 1 saturated heterocycles. The molecular weight excluding hydrogens is 253 g/mol. The van der Waals surface area contributed by atoms with Gasteiger partial charge in [-0.05, 0) is 45.8 Å². The molecule has 0 amide bonds. The van der Waals surface area contributed by atoms with Crippen molar-refractivity contribution in [1.29, 1.82) is 0 Å². The smallest absolute Gasteiger partial charge is 0.398 e. The second kappa shape index (κ2) is 4.43. The normalized spacial score (nSPS) is 24.5. The summed E-state index contributed by atoms with van der Waals surface area (Å²) in [6.07, 6.45) is -1.33. The fraction of sp³-hybridized carbons (Fsp3) is 0.429. The third-order valence-corrected chi connectivity index (χ3v) is 3.65. The van der Waals surface area contributed by atoms with Crippen LogP contribution in [0, 0.1) is 0 Å². The van der Waals surface area contributed by atoms with E-state index in [2.05, 4.69) is 10.1 Å². The molecule has 1 aliphatic rings. The number of pyridine rings is 1. The van der Waals surface area contributed by atoms with Crippen molar-refractivity contribution in [2.75, 3.05) is 0 Å². The van der Waals surface area contributed by atoms with Gasteiger partial charge in [0.15, 0.2) is 0 Å². The van der Waals surface area contributed by atoms with E-state index in [4.69, 9.17) is 17.5 Å². The van der Waals surface area contributed by atoms with Crippen LogP contribution in [0.5, 0.6) is 0 Å². The van der Waals surface area contributed by atoms with Gasteiger partial charge in [-0.25, -0.2) is 4.68 Å². The first-order valence-electron chi connectivity index (χ1n) is 9.24. The van der Waals surface area contributed by atoms with E-state index in [1.807, 2.05) is 27.7 Å². The molecule has 1 aliphatic heterocycles. The lowest BCUT2D eigenvalue weighted by Gasteiger charge is -2.32. The van der Waals surface area contributed by atoms with Crippen LogP contribution in [0.2, 0.25) is 0 Å². The van der Waals surface area contributed by atoms with Crippen molar-refractivity contribution in [3.8, 4) is 5.69 Å². The molecular formula is C14H18BN3O2. The van der Waals surface area contributed by atoms with Crippen LogP contribution in [0.3, 0.4) is 0 Å². The molecule has 5 nitrogen and oxygen atoms in total. The summed E-state index contributed by atoms with van der Waals surface area (Å²) in [7, 11) is -1.02. The second-order valence-electron chi connectivity index (χ2n) is 5.56. The Morgan fingerprint density at radius 1 is 1.20 bits per heavy atom. The third-order valence-electron chi connectivity index (χ3n) is 3.65. The van der Waals surface area contributed by atoms with E-state index >= 15 is 0 Å². The lowest BCUT2D eigenvalue weighted by Crippen LogP contribution is -2.41. The number of nitrogens with zero attached hydrogens (tertiary/aromatic N) is 3. The molecule has 0 atom stereocenters. The van der Waals surface area contributed by atoms with E-state index in [0.717, 1.165) is 4.68 Å². The van der Waals surface area contributed by atoms with Crippen LogP contribution in [-0.4, -0.2) is 33.1 Å². The third kappa shape index (κ3) is 2.15. The van der Waals surface area contributed by atoms with Gasteiger partial charge in [-0.15, -0.1) is 0 Å². The maximum absolute atomic E-state index is 8.43. The minimum absolute atomic E-state index is 0.00684. The zero-order chi connectivity index (χ0) is 19.6. The van der Waals surface area contributed by atoms with Crippen molar-refractivity contribution in [3.63, 3.8) is 0 Å². The average molecular weight is 277 g/mol. The minimum Gasteiger partial charge on any atom is -0.398 e. The first kappa shape index (κ1) is 7.95. The first-order chi connectivity index (χ1) is 11.9. The topological polar surface area (TPSA) is 49.2 Å². The van der Waals surface area contributed by atoms with Crippen LogP contribution in [0.4, 0.5) is 0 Å². The SMILES string of the molecule is [2H]c1nc(B2OC(C)(C)C(C)(C)O2)c([2H])c(-n2nc([2H])c([2H])c2[2H])c1[2H]. The van der Waals surface area contributed by atoms with Gasteiger partial charge in [0.2, 0.25) is 0 Å². The summed E-state index contributed by atoms with van der Waals surface area (Å²) in [6.45, 7) is 7.36. The molecule has 6 heteroatoms. The molecule has 0 radical (unpaired) electrons. The van der Waals surface area contributed by atoms with Crippen molar-refractivity contribution in [3.05, 3.63) is 36.6 Å². The Morgan fingerprint density at radius 2 is 1.90 bits per heavy atom. The van der Waals surface area contributed by atoms with Gasteiger partial charge in [0, 0.05) is 18.5 Å². The van der Waals surface area contributed by atoms with Gasteiger partial charge >= 0.3 is 7.12 Å². The van der Waals surface area contributed by atoms with Crippen LogP contribution in [0.15, 0.2) is 36.6 Å². The van der Waals surface area contributed by atoms with Crippen molar-refractivity contribution in [2.24, 2.45) is 0 Å². The maximum Gasteiger partial charge on any atom is 0.514 e. The fourth-order valence-corrected chi connectivity index (χ4v) is 1.78. The Labute approximate surface area is 127 Å². The summed E-state index contributed by atoms with van der Waals surface area (Å²) in [4.78, 5) is 3.98. The maximum atomic E-state index is 8.43. The number of hydrogen-bond donors (Lipinski definition) is 0. The molecule has 0 saturated carbocycles. The number of rotatable bonds is 2. The lowest BCUT2D eigenvalue weighted by atomic mass is 9.84. The van der Waals surface area contributed by atoms with Gasteiger partial charge in [-0.1, -0.05) is 0 Å². The van der Waals surface area contributed by atoms with Gasteiger partial charge in [0.25, 0.3) is 0 Å². The summed E-state index contributed by atoms with van der Waals surface area (Å²) < 4.78 is 60.1. The Kier molecular flexibility index (Phi) is 1.76. The van der Waals surface area contributed by atoms with Gasteiger partial charge in [-0.2, -0.15) is 5.10 Å². The van der Waals surface area contributed by atoms with Crippen molar-refractivity contribution in [2.45, 2.75) is 38.9 Å². The van der Waals surface area contributed by atoms with E-state index in [9.17, 15) is 0 Å². The van der Waals surface area contributed by atoms with Crippen LogP contribution >= 0.6 is 0 Å². The predicted octanol–water partition coefficient (Wildman–Crippen LogP) is 1.57. The predicted molar refractivity (Wildman–Crippen MR) is 77.1 cm³/mol. The van der Waals surface area contributed by atoms with E-state index in [0.29, 0.717) is 0 Å². The highest BCUT2D eigenvalue weighted by molar-refractivity contribution is 6.61. The lowest BCUT2D eigenvalue weighted by molar-refractivity contribution is 0.00578. The molecule has 2 aromatic heterocycles. The second-order valence-corrected chi connectivity index (χ2v) is 5.56. The van der Waals surface area contributed by atoms with Gasteiger partial charge in [-0.3, -0.25) is 4.98 Å². The Hall–Kier alpha value is -1.66. The molecule has 0 N–H and O–H groups in total. The highest BCUT2D eigenvalue weighted by Gasteiger charge is 2.52. The number of aromatic nitrogens is 3. The minimum atomic E-state index is -1.02. The molecule has 20 heavy (non-hydrogen) atoms. The Balaban J connectivity index is 2.19. The monoisotopic (exact) mass is 277 g/mol. The van der Waals surface area contributed by atoms with Crippen molar-refractivity contribution in [1.82, 2.24) is 14.8 Å². The van der Waals surface area contributed by atoms with Crippen LogP contribution < -0.4 is 5.59 Å². The van der Waals surface area contributed by atoms with E-state index < -0.39 is 48.9 Å².